The van der Waals surface area contributed by atoms with Crippen LogP contribution in [-0.4, -0.2) is 12.7 Å². The second-order valence-electron chi connectivity index (χ2n) is 8.45. The van der Waals surface area contributed by atoms with Gasteiger partial charge < -0.3 is 4.74 Å². The van der Waals surface area contributed by atoms with Gasteiger partial charge >= 0.3 is 0 Å². The highest BCUT2D eigenvalue weighted by Crippen LogP contribution is 2.33. The highest BCUT2D eigenvalue weighted by molar-refractivity contribution is 5.04. The van der Waals surface area contributed by atoms with Gasteiger partial charge in [-0.25, -0.2) is 0 Å². The molecule has 2 heteroatoms. The molecule has 2 nitrogen and oxygen atoms in total. The summed E-state index contributed by atoms with van der Waals surface area (Å²) in [5.41, 5.74) is 0. The zero-order valence-corrected chi connectivity index (χ0v) is 16.4. The number of hydrogen-bond donors (Lipinski definition) is 0. The Morgan fingerprint density at radius 3 is 2.24 bits per heavy atom. The van der Waals surface area contributed by atoms with Crippen molar-refractivity contribution in [1.82, 2.24) is 0 Å². The zero-order chi connectivity index (χ0) is 17.7. The molecule has 25 heavy (non-hydrogen) atoms. The topological polar surface area (TPSA) is 33.0 Å². The van der Waals surface area contributed by atoms with E-state index < -0.39 is 0 Å². The SMILES string of the molecule is CCCCCCCC1CCC(COC2CCC(C=CC#N)CC2)CC1. The first-order valence-electron chi connectivity index (χ1n) is 11.0. The van der Waals surface area contributed by atoms with E-state index in [0.717, 1.165) is 18.4 Å². The van der Waals surface area contributed by atoms with Gasteiger partial charge in [0.15, 0.2) is 0 Å². The van der Waals surface area contributed by atoms with E-state index in [4.69, 9.17) is 10.00 Å². The summed E-state index contributed by atoms with van der Waals surface area (Å²) in [5, 5.41) is 8.62. The third-order valence-corrected chi connectivity index (χ3v) is 6.41. The Kier molecular flexibility index (Phi) is 10.3. The average molecular weight is 346 g/mol. The minimum absolute atomic E-state index is 0.475. The van der Waals surface area contributed by atoms with Gasteiger partial charge in [-0.2, -0.15) is 5.26 Å². The second kappa shape index (κ2) is 12.5. The van der Waals surface area contributed by atoms with E-state index in [9.17, 15) is 0 Å². The van der Waals surface area contributed by atoms with Crippen molar-refractivity contribution in [3.05, 3.63) is 12.2 Å². The molecule has 0 spiro atoms. The van der Waals surface area contributed by atoms with E-state index >= 15 is 0 Å². The van der Waals surface area contributed by atoms with Crippen molar-refractivity contribution in [3.63, 3.8) is 0 Å². The van der Waals surface area contributed by atoms with Crippen LogP contribution >= 0.6 is 0 Å². The second-order valence-corrected chi connectivity index (χ2v) is 8.45. The van der Waals surface area contributed by atoms with E-state index in [1.54, 1.807) is 6.08 Å². The minimum Gasteiger partial charge on any atom is -0.378 e. The van der Waals surface area contributed by atoms with Gasteiger partial charge in [0, 0.05) is 12.7 Å². The summed E-state index contributed by atoms with van der Waals surface area (Å²) in [6.07, 6.45) is 23.2. The standard InChI is InChI=1S/C23H39NO/c1-2-3-4-5-6-8-20-10-12-22(13-11-20)19-25-23-16-14-21(15-17-23)9-7-18-24/h7,9,20-23H,2-6,8,10-17,19H2,1H3. The molecule has 0 atom stereocenters. The molecule has 0 aromatic heterocycles. The molecule has 2 saturated carbocycles. The largest absolute Gasteiger partial charge is 0.378 e. The number of hydrogen-bond acceptors (Lipinski definition) is 2. The van der Waals surface area contributed by atoms with Gasteiger partial charge in [0.25, 0.3) is 0 Å². The number of nitrogens with zero attached hydrogens (tertiary/aromatic N) is 1. The molecule has 0 amide bonds. The molecule has 0 bridgehead atoms. The predicted molar refractivity (Wildman–Crippen MR) is 105 cm³/mol. The minimum atomic E-state index is 0.475. The molecule has 0 heterocycles. The lowest BCUT2D eigenvalue weighted by molar-refractivity contribution is -0.00663. The summed E-state index contributed by atoms with van der Waals surface area (Å²) in [6, 6.07) is 2.11. The van der Waals surface area contributed by atoms with Gasteiger partial charge in [0.05, 0.1) is 12.2 Å². The Morgan fingerprint density at radius 2 is 1.56 bits per heavy atom. The zero-order valence-electron chi connectivity index (χ0n) is 16.4. The number of nitriles is 1. The fraction of sp³-hybridized carbons (Fsp3) is 0.870. The summed E-state index contributed by atoms with van der Waals surface area (Å²) in [6.45, 7) is 3.29. The third-order valence-electron chi connectivity index (χ3n) is 6.41. The molecule has 142 valence electrons. The van der Waals surface area contributed by atoms with E-state index in [0.29, 0.717) is 12.0 Å². The molecule has 2 rings (SSSR count). The maximum absolute atomic E-state index is 8.62. The van der Waals surface area contributed by atoms with Crippen molar-refractivity contribution in [2.24, 2.45) is 17.8 Å². The third kappa shape index (κ3) is 8.41. The Labute approximate surface area is 156 Å². The lowest BCUT2D eigenvalue weighted by Gasteiger charge is -2.31. The smallest absolute Gasteiger partial charge is 0.0908 e. The van der Waals surface area contributed by atoms with Crippen LogP contribution in [0.5, 0.6) is 0 Å². The van der Waals surface area contributed by atoms with E-state index in [1.165, 1.54) is 89.9 Å². The maximum atomic E-state index is 8.62. The van der Waals surface area contributed by atoms with Crippen LogP contribution in [0.2, 0.25) is 0 Å². The highest BCUT2D eigenvalue weighted by Gasteiger charge is 2.24. The van der Waals surface area contributed by atoms with Crippen LogP contribution in [0.25, 0.3) is 0 Å². The predicted octanol–water partition coefficient (Wildman–Crippen LogP) is 6.81. The van der Waals surface area contributed by atoms with E-state index in [1.807, 2.05) is 0 Å². The van der Waals surface area contributed by atoms with Crippen LogP contribution in [0.15, 0.2) is 12.2 Å². The molecule has 2 aliphatic carbocycles. The molecule has 0 radical (unpaired) electrons. The Morgan fingerprint density at radius 1 is 0.880 bits per heavy atom. The molecule has 0 aromatic carbocycles. The van der Waals surface area contributed by atoms with Crippen molar-refractivity contribution in [3.8, 4) is 6.07 Å². The molecule has 0 unspecified atom stereocenters. The van der Waals surface area contributed by atoms with Crippen LogP contribution in [0, 0.1) is 29.1 Å². The van der Waals surface area contributed by atoms with Gasteiger partial charge in [-0.3, -0.25) is 0 Å². The van der Waals surface area contributed by atoms with Crippen molar-refractivity contribution in [1.29, 1.82) is 5.26 Å². The molecule has 0 aliphatic heterocycles. The summed E-state index contributed by atoms with van der Waals surface area (Å²) in [7, 11) is 0. The molecule has 0 N–H and O–H groups in total. The van der Waals surface area contributed by atoms with Gasteiger partial charge in [-0.15, -0.1) is 0 Å². The summed E-state index contributed by atoms with van der Waals surface area (Å²) in [4.78, 5) is 0. The quantitative estimate of drug-likeness (QED) is 0.322. The van der Waals surface area contributed by atoms with Crippen molar-refractivity contribution in [2.75, 3.05) is 6.61 Å². The molecular formula is C23H39NO. The molecule has 2 aliphatic rings. The first-order valence-corrected chi connectivity index (χ1v) is 11.0. The average Bonchev–Trinajstić information content (AvgIpc) is 2.66. The Hall–Kier alpha value is -0.810. The van der Waals surface area contributed by atoms with Gasteiger partial charge in [0.1, 0.15) is 0 Å². The summed E-state index contributed by atoms with van der Waals surface area (Å²) < 4.78 is 6.25. The molecule has 0 aromatic rings. The first kappa shape index (κ1) is 20.5. The number of rotatable bonds is 10. The maximum Gasteiger partial charge on any atom is 0.0908 e. The van der Waals surface area contributed by atoms with Crippen LogP contribution in [0.1, 0.15) is 96.8 Å². The summed E-state index contributed by atoms with van der Waals surface area (Å²) in [5.74, 6) is 2.42. The Bertz CT molecular complexity index is 395. The lowest BCUT2D eigenvalue weighted by atomic mass is 9.80. The van der Waals surface area contributed by atoms with Gasteiger partial charge in [0.2, 0.25) is 0 Å². The fourth-order valence-electron chi connectivity index (χ4n) is 4.62. The van der Waals surface area contributed by atoms with Crippen LogP contribution in [-0.2, 0) is 4.74 Å². The van der Waals surface area contributed by atoms with E-state index in [-0.39, 0.29) is 0 Å². The van der Waals surface area contributed by atoms with Crippen LogP contribution < -0.4 is 0 Å². The Balaban J connectivity index is 1.50. The van der Waals surface area contributed by atoms with Crippen molar-refractivity contribution >= 4 is 0 Å². The van der Waals surface area contributed by atoms with Crippen LogP contribution in [0.3, 0.4) is 0 Å². The summed E-state index contributed by atoms with van der Waals surface area (Å²) >= 11 is 0. The van der Waals surface area contributed by atoms with Gasteiger partial charge in [-0.05, 0) is 56.3 Å². The molecular weight excluding hydrogens is 306 g/mol. The monoisotopic (exact) mass is 345 g/mol. The van der Waals surface area contributed by atoms with Crippen molar-refractivity contribution < 1.29 is 4.74 Å². The number of allylic oxidation sites excluding steroid dienone is 2. The highest BCUT2D eigenvalue weighted by atomic mass is 16.5. The number of ether oxygens (including phenoxy) is 1. The molecule has 2 fully saturated rings. The van der Waals surface area contributed by atoms with E-state index in [2.05, 4.69) is 19.1 Å². The first-order chi connectivity index (χ1) is 12.3. The van der Waals surface area contributed by atoms with Crippen molar-refractivity contribution in [2.45, 2.75) is 103 Å². The van der Waals surface area contributed by atoms with Crippen LogP contribution in [0.4, 0.5) is 0 Å². The fourth-order valence-corrected chi connectivity index (χ4v) is 4.62. The molecule has 0 saturated heterocycles. The number of unbranched alkanes of at least 4 members (excludes halogenated alkanes) is 4. The van der Waals surface area contributed by atoms with Gasteiger partial charge in [-0.1, -0.05) is 64.4 Å². The normalized spacial score (nSPS) is 30.4. The lowest BCUT2D eigenvalue weighted by Crippen LogP contribution is -2.25.